The molecule has 0 atom stereocenters. The first-order valence-corrected chi connectivity index (χ1v) is 9.38. The zero-order chi connectivity index (χ0) is 16.7. The van der Waals surface area contributed by atoms with Crippen LogP contribution in [0.1, 0.15) is 32.3 Å². The summed E-state index contributed by atoms with van der Waals surface area (Å²) in [7, 11) is 1.96. The maximum Gasteiger partial charge on any atom is 0.238 e. The Morgan fingerprint density at radius 2 is 2.13 bits per heavy atom. The molecular formula is C18H28N2O2S. The van der Waals surface area contributed by atoms with Gasteiger partial charge in [0.1, 0.15) is 0 Å². The highest BCUT2D eigenvalue weighted by Gasteiger charge is 2.14. The lowest BCUT2D eigenvalue weighted by molar-refractivity contribution is -0.117. The Bertz CT molecular complexity index is 502. The van der Waals surface area contributed by atoms with Crippen molar-refractivity contribution in [3.8, 4) is 0 Å². The van der Waals surface area contributed by atoms with Crippen molar-refractivity contribution < 1.29 is 9.53 Å². The summed E-state index contributed by atoms with van der Waals surface area (Å²) in [5.41, 5.74) is 2.15. The van der Waals surface area contributed by atoms with Gasteiger partial charge in [0.15, 0.2) is 0 Å². The first kappa shape index (κ1) is 18.3. The van der Waals surface area contributed by atoms with E-state index in [0.29, 0.717) is 17.8 Å². The van der Waals surface area contributed by atoms with Crippen LogP contribution in [0.15, 0.2) is 24.3 Å². The van der Waals surface area contributed by atoms with Crippen molar-refractivity contribution >= 4 is 23.4 Å². The second-order valence-corrected chi connectivity index (χ2v) is 7.67. The molecular weight excluding hydrogens is 308 g/mol. The average molecular weight is 337 g/mol. The number of ether oxygens (including phenoxy) is 1. The standard InChI is InChI=1S/C18H28N2O2S/c1-14(2)20(3)12-18(21)19-16-6-4-5-15(11-16)13-23-17-7-9-22-10-8-17/h4-6,11,14,17H,7-10,12-13H2,1-3H3,(H,19,21). The number of rotatable bonds is 7. The van der Waals surface area contributed by atoms with Gasteiger partial charge in [-0.25, -0.2) is 0 Å². The second-order valence-electron chi connectivity index (χ2n) is 6.38. The molecule has 0 radical (unpaired) electrons. The molecule has 1 aliphatic heterocycles. The zero-order valence-corrected chi connectivity index (χ0v) is 15.2. The fourth-order valence-corrected chi connectivity index (χ4v) is 3.54. The first-order chi connectivity index (χ1) is 11.0. The summed E-state index contributed by atoms with van der Waals surface area (Å²) < 4.78 is 5.40. The Morgan fingerprint density at radius 3 is 2.83 bits per heavy atom. The van der Waals surface area contributed by atoms with Crippen LogP contribution in [0.5, 0.6) is 0 Å². The molecule has 0 saturated carbocycles. The van der Waals surface area contributed by atoms with E-state index < -0.39 is 0 Å². The van der Waals surface area contributed by atoms with E-state index in [2.05, 4.69) is 31.3 Å². The molecule has 0 bridgehead atoms. The van der Waals surface area contributed by atoms with Gasteiger partial charge in [-0.1, -0.05) is 12.1 Å². The van der Waals surface area contributed by atoms with Crippen molar-refractivity contribution in [1.82, 2.24) is 4.90 Å². The van der Waals surface area contributed by atoms with Gasteiger partial charge < -0.3 is 10.1 Å². The third kappa shape index (κ3) is 6.53. The Balaban J connectivity index is 1.82. The Labute approximate surface area is 144 Å². The van der Waals surface area contributed by atoms with Crippen LogP contribution in [0, 0.1) is 0 Å². The van der Waals surface area contributed by atoms with E-state index in [1.165, 1.54) is 5.56 Å². The van der Waals surface area contributed by atoms with Gasteiger partial charge in [-0.05, 0) is 51.4 Å². The van der Waals surface area contributed by atoms with E-state index in [0.717, 1.165) is 37.5 Å². The monoisotopic (exact) mass is 336 g/mol. The minimum atomic E-state index is 0.0374. The number of thioether (sulfide) groups is 1. The lowest BCUT2D eigenvalue weighted by atomic mass is 10.2. The van der Waals surface area contributed by atoms with Gasteiger partial charge >= 0.3 is 0 Å². The highest BCUT2D eigenvalue weighted by molar-refractivity contribution is 7.99. The highest BCUT2D eigenvalue weighted by Crippen LogP contribution is 2.26. The molecule has 0 spiro atoms. The Hall–Kier alpha value is -1.04. The van der Waals surface area contributed by atoms with Gasteiger partial charge in [0.25, 0.3) is 0 Å². The van der Waals surface area contributed by atoms with E-state index in [9.17, 15) is 4.79 Å². The van der Waals surface area contributed by atoms with Crippen LogP contribution in [0.25, 0.3) is 0 Å². The molecule has 1 aromatic rings. The Kier molecular flexibility index (Phi) is 7.40. The van der Waals surface area contributed by atoms with Gasteiger partial charge in [-0.15, -0.1) is 0 Å². The molecule has 1 N–H and O–H groups in total. The number of carbonyl (C=O) groups is 1. The number of amides is 1. The van der Waals surface area contributed by atoms with Gasteiger partial charge in [-0.3, -0.25) is 9.69 Å². The van der Waals surface area contributed by atoms with Gasteiger partial charge in [0.05, 0.1) is 6.54 Å². The summed E-state index contributed by atoms with van der Waals surface area (Å²) in [6.45, 7) is 6.36. The topological polar surface area (TPSA) is 41.6 Å². The van der Waals surface area contributed by atoms with Crippen molar-refractivity contribution in [2.24, 2.45) is 0 Å². The second kappa shape index (κ2) is 9.30. The third-order valence-electron chi connectivity index (χ3n) is 4.14. The lowest BCUT2D eigenvalue weighted by Gasteiger charge is -2.21. The number of likely N-dealkylation sites (N-methyl/N-ethyl adjacent to an activating group) is 1. The maximum atomic E-state index is 12.1. The molecule has 1 heterocycles. The number of carbonyl (C=O) groups excluding carboxylic acids is 1. The van der Waals surface area contributed by atoms with Crippen molar-refractivity contribution in [2.75, 3.05) is 32.1 Å². The predicted molar refractivity (Wildman–Crippen MR) is 98.0 cm³/mol. The zero-order valence-electron chi connectivity index (χ0n) is 14.4. The third-order valence-corrected chi connectivity index (χ3v) is 5.58. The summed E-state index contributed by atoms with van der Waals surface area (Å²) in [6, 6.07) is 8.54. The van der Waals surface area contributed by atoms with Crippen LogP contribution in [0.2, 0.25) is 0 Å². The van der Waals surface area contributed by atoms with Crippen LogP contribution in [0.3, 0.4) is 0 Å². The first-order valence-electron chi connectivity index (χ1n) is 8.33. The largest absolute Gasteiger partial charge is 0.381 e. The van der Waals surface area contributed by atoms with E-state index >= 15 is 0 Å². The average Bonchev–Trinajstić information content (AvgIpc) is 2.54. The molecule has 0 aliphatic carbocycles. The van der Waals surface area contributed by atoms with E-state index in [-0.39, 0.29) is 5.91 Å². The quantitative estimate of drug-likeness (QED) is 0.829. The molecule has 1 aliphatic rings. The lowest BCUT2D eigenvalue weighted by Crippen LogP contribution is -2.34. The molecule has 4 nitrogen and oxygen atoms in total. The summed E-state index contributed by atoms with van der Waals surface area (Å²) >= 11 is 1.99. The molecule has 1 fully saturated rings. The molecule has 1 amide bonds. The van der Waals surface area contributed by atoms with Crippen molar-refractivity contribution in [3.63, 3.8) is 0 Å². The molecule has 23 heavy (non-hydrogen) atoms. The smallest absolute Gasteiger partial charge is 0.238 e. The van der Waals surface area contributed by atoms with Gasteiger partial charge in [-0.2, -0.15) is 11.8 Å². The molecule has 1 saturated heterocycles. The normalized spacial score (nSPS) is 16.0. The minimum absolute atomic E-state index is 0.0374. The maximum absolute atomic E-state index is 12.1. The number of nitrogens with zero attached hydrogens (tertiary/aromatic N) is 1. The molecule has 128 valence electrons. The summed E-state index contributed by atoms with van der Waals surface area (Å²) in [4.78, 5) is 14.1. The van der Waals surface area contributed by atoms with Crippen LogP contribution < -0.4 is 5.32 Å². The van der Waals surface area contributed by atoms with Crippen LogP contribution in [-0.4, -0.2) is 48.9 Å². The number of hydrogen-bond donors (Lipinski definition) is 1. The van der Waals surface area contributed by atoms with Crippen molar-refractivity contribution in [2.45, 2.75) is 43.7 Å². The van der Waals surface area contributed by atoms with Crippen molar-refractivity contribution in [1.29, 1.82) is 0 Å². The van der Waals surface area contributed by atoms with E-state index in [4.69, 9.17) is 4.74 Å². The predicted octanol–water partition coefficient (Wildman–Crippen LogP) is 3.38. The van der Waals surface area contributed by atoms with Gasteiger partial charge in [0.2, 0.25) is 5.91 Å². The van der Waals surface area contributed by atoms with Crippen LogP contribution in [0.4, 0.5) is 5.69 Å². The highest BCUT2D eigenvalue weighted by atomic mass is 32.2. The van der Waals surface area contributed by atoms with Crippen molar-refractivity contribution in [3.05, 3.63) is 29.8 Å². The Morgan fingerprint density at radius 1 is 1.39 bits per heavy atom. The molecule has 0 aromatic heterocycles. The molecule has 0 unspecified atom stereocenters. The number of nitrogens with one attached hydrogen (secondary N) is 1. The SMILES string of the molecule is CC(C)N(C)CC(=O)Nc1cccc(CSC2CCOCC2)c1. The van der Waals surface area contributed by atoms with Crippen LogP contribution in [-0.2, 0) is 15.3 Å². The molecule has 2 rings (SSSR count). The van der Waals surface area contributed by atoms with E-state index in [1.807, 2.05) is 35.8 Å². The fourth-order valence-electron chi connectivity index (χ4n) is 2.41. The number of hydrogen-bond acceptors (Lipinski definition) is 4. The summed E-state index contributed by atoms with van der Waals surface area (Å²) in [6.07, 6.45) is 2.28. The number of benzene rings is 1. The summed E-state index contributed by atoms with van der Waals surface area (Å²) in [5, 5.41) is 3.69. The van der Waals surface area contributed by atoms with Crippen LogP contribution >= 0.6 is 11.8 Å². The summed E-state index contributed by atoms with van der Waals surface area (Å²) in [5.74, 6) is 1.02. The van der Waals surface area contributed by atoms with E-state index in [1.54, 1.807) is 0 Å². The minimum Gasteiger partial charge on any atom is -0.381 e. The fraction of sp³-hybridized carbons (Fsp3) is 0.611. The molecule has 1 aromatic carbocycles. The number of anilines is 1. The van der Waals surface area contributed by atoms with Gasteiger partial charge in [0, 0.05) is 35.9 Å². The molecule has 5 heteroatoms.